The lowest BCUT2D eigenvalue weighted by atomic mass is 10.2. The van der Waals surface area contributed by atoms with Crippen LogP contribution in [-0.2, 0) is 4.74 Å². The van der Waals surface area contributed by atoms with Crippen molar-refractivity contribution in [3.8, 4) is 17.2 Å². The predicted octanol–water partition coefficient (Wildman–Crippen LogP) is 2.81. The number of rotatable bonds is 4. The Morgan fingerprint density at radius 2 is 1.95 bits per heavy atom. The quantitative estimate of drug-likeness (QED) is 0.808. The zero-order chi connectivity index (χ0) is 15.5. The second kappa shape index (κ2) is 5.81. The summed E-state index contributed by atoms with van der Waals surface area (Å²) in [7, 11) is 0. The zero-order valence-electron chi connectivity index (χ0n) is 10.7. The van der Waals surface area contributed by atoms with E-state index >= 15 is 0 Å². The van der Waals surface area contributed by atoms with Crippen molar-refractivity contribution < 1.29 is 32.0 Å². The Kier molecular flexibility index (Phi) is 4.10. The molecule has 21 heavy (non-hydrogen) atoms. The fraction of sp³-hybridized carbons (Fsp3) is 0.250. The molecule has 0 bridgehead atoms. The largest absolute Gasteiger partial charge is 0.573 e. The third-order valence-corrected chi connectivity index (χ3v) is 2.22. The summed E-state index contributed by atoms with van der Waals surface area (Å²) >= 11 is 0. The van der Waals surface area contributed by atoms with Gasteiger partial charge in [0.15, 0.2) is 0 Å². The van der Waals surface area contributed by atoms with Crippen molar-refractivity contribution in [3.05, 3.63) is 30.1 Å². The van der Waals surface area contributed by atoms with Gasteiger partial charge in [0, 0.05) is 5.56 Å². The third-order valence-electron chi connectivity index (χ3n) is 2.22. The molecule has 1 heterocycles. The van der Waals surface area contributed by atoms with E-state index < -0.39 is 12.3 Å². The van der Waals surface area contributed by atoms with Crippen LogP contribution < -0.4 is 4.74 Å². The maximum absolute atomic E-state index is 12.0. The van der Waals surface area contributed by atoms with Gasteiger partial charge < -0.3 is 14.0 Å². The molecule has 0 saturated heterocycles. The molecule has 0 atom stereocenters. The molecule has 9 heteroatoms. The van der Waals surface area contributed by atoms with E-state index in [4.69, 9.17) is 4.52 Å². The van der Waals surface area contributed by atoms with E-state index in [9.17, 15) is 18.0 Å². The van der Waals surface area contributed by atoms with Gasteiger partial charge in [-0.3, -0.25) is 0 Å². The molecule has 1 aromatic carbocycles. The number of alkyl halides is 3. The van der Waals surface area contributed by atoms with Gasteiger partial charge in [0.05, 0.1) is 6.61 Å². The number of nitrogens with zero attached hydrogens (tertiary/aromatic N) is 2. The highest BCUT2D eigenvalue weighted by molar-refractivity contribution is 5.85. The first-order valence-corrected chi connectivity index (χ1v) is 5.76. The SMILES string of the molecule is CCOC(=O)c1noc(-c2ccc(OC(F)(F)F)cc2)n1. The normalized spacial score (nSPS) is 11.2. The molecule has 0 amide bonds. The summed E-state index contributed by atoms with van der Waals surface area (Å²) in [5.74, 6) is -1.40. The van der Waals surface area contributed by atoms with Crippen molar-refractivity contribution in [1.29, 1.82) is 0 Å². The van der Waals surface area contributed by atoms with E-state index in [0.29, 0.717) is 5.56 Å². The number of hydrogen-bond donors (Lipinski definition) is 0. The summed E-state index contributed by atoms with van der Waals surface area (Å²) in [6.45, 7) is 1.78. The molecule has 0 aliphatic heterocycles. The van der Waals surface area contributed by atoms with Crippen LogP contribution in [0.2, 0.25) is 0 Å². The lowest BCUT2D eigenvalue weighted by Gasteiger charge is -2.08. The molecule has 0 aliphatic rings. The Balaban J connectivity index is 2.14. The fourth-order valence-corrected chi connectivity index (χ4v) is 1.42. The van der Waals surface area contributed by atoms with Gasteiger partial charge in [0.25, 0.3) is 11.7 Å². The molecule has 1 aromatic heterocycles. The van der Waals surface area contributed by atoms with Crippen molar-refractivity contribution in [2.24, 2.45) is 0 Å². The van der Waals surface area contributed by atoms with Crippen molar-refractivity contribution in [2.75, 3.05) is 6.61 Å². The third kappa shape index (κ3) is 3.94. The second-order valence-electron chi connectivity index (χ2n) is 3.72. The highest BCUT2D eigenvalue weighted by Gasteiger charge is 2.31. The fourth-order valence-electron chi connectivity index (χ4n) is 1.42. The summed E-state index contributed by atoms with van der Waals surface area (Å²) in [6.07, 6.45) is -4.76. The van der Waals surface area contributed by atoms with Crippen LogP contribution in [0.3, 0.4) is 0 Å². The molecule has 2 rings (SSSR count). The predicted molar refractivity (Wildman–Crippen MR) is 62.4 cm³/mol. The minimum Gasteiger partial charge on any atom is -0.460 e. The maximum atomic E-state index is 12.0. The number of hydrogen-bond acceptors (Lipinski definition) is 6. The van der Waals surface area contributed by atoms with E-state index in [1.807, 2.05) is 0 Å². The van der Waals surface area contributed by atoms with Crippen molar-refractivity contribution in [3.63, 3.8) is 0 Å². The van der Waals surface area contributed by atoms with Crippen LogP contribution in [0.5, 0.6) is 5.75 Å². The number of carbonyl (C=O) groups is 1. The van der Waals surface area contributed by atoms with Gasteiger partial charge in [-0.15, -0.1) is 13.2 Å². The van der Waals surface area contributed by atoms with Crippen molar-refractivity contribution >= 4 is 5.97 Å². The summed E-state index contributed by atoms with van der Waals surface area (Å²) in [4.78, 5) is 15.1. The molecule has 0 fully saturated rings. The summed E-state index contributed by atoms with van der Waals surface area (Å²) in [5.41, 5.74) is 0.340. The molecule has 0 spiro atoms. The zero-order valence-corrected chi connectivity index (χ0v) is 10.7. The van der Waals surface area contributed by atoms with Gasteiger partial charge in [0.1, 0.15) is 5.75 Å². The Hall–Kier alpha value is -2.58. The van der Waals surface area contributed by atoms with Gasteiger partial charge in [-0.2, -0.15) is 4.98 Å². The lowest BCUT2D eigenvalue weighted by Crippen LogP contribution is -2.16. The van der Waals surface area contributed by atoms with E-state index in [0.717, 1.165) is 12.1 Å². The van der Waals surface area contributed by atoms with Crippen LogP contribution in [0.4, 0.5) is 13.2 Å². The van der Waals surface area contributed by atoms with E-state index in [2.05, 4.69) is 19.6 Å². The number of halogens is 3. The minimum absolute atomic E-state index is 0.0170. The maximum Gasteiger partial charge on any atom is 0.573 e. The first kappa shape index (κ1) is 14.8. The van der Waals surface area contributed by atoms with Crippen molar-refractivity contribution in [1.82, 2.24) is 10.1 Å². The lowest BCUT2D eigenvalue weighted by molar-refractivity contribution is -0.274. The molecule has 2 aromatic rings. The van der Waals surface area contributed by atoms with Crippen LogP contribution >= 0.6 is 0 Å². The van der Waals surface area contributed by atoms with Gasteiger partial charge in [0.2, 0.25) is 0 Å². The Morgan fingerprint density at radius 1 is 1.29 bits per heavy atom. The molecular weight excluding hydrogens is 293 g/mol. The number of benzene rings is 1. The van der Waals surface area contributed by atoms with Gasteiger partial charge in [-0.05, 0) is 36.3 Å². The van der Waals surface area contributed by atoms with Crippen LogP contribution in [0.1, 0.15) is 17.5 Å². The number of carbonyl (C=O) groups excluding carboxylic acids is 1. The molecule has 0 saturated carbocycles. The number of aromatic nitrogens is 2. The first-order valence-electron chi connectivity index (χ1n) is 5.76. The van der Waals surface area contributed by atoms with Crippen LogP contribution in [0.15, 0.2) is 28.8 Å². The Bertz CT molecular complexity index is 622. The van der Waals surface area contributed by atoms with Gasteiger partial charge >= 0.3 is 12.3 Å². The van der Waals surface area contributed by atoms with Gasteiger partial charge in [-0.25, -0.2) is 4.79 Å². The summed E-state index contributed by atoms with van der Waals surface area (Å²) in [6, 6.07) is 4.78. The summed E-state index contributed by atoms with van der Waals surface area (Å²) < 4.78 is 49.3. The standard InChI is InChI=1S/C12H9F3N2O4/c1-2-19-11(18)9-16-10(21-17-9)7-3-5-8(6-4-7)20-12(13,14)15/h3-6H,2H2,1H3. The van der Waals surface area contributed by atoms with E-state index in [1.54, 1.807) is 6.92 Å². The van der Waals surface area contributed by atoms with Crippen LogP contribution in [-0.4, -0.2) is 29.1 Å². The highest BCUT2D eigenvalue weighted by Crippen LogP contribution is 2.25. The molecule has 0 unspecified atom stereocenters. The first-order chi connectivity index (χ1) is 9.89. The van der Waals surface area contributed by atoms with Crippen LogP contribution in [0.25, 0.3) is 11.5 Å². The number of esters is 1. The molecule has 0 radical (unpaired) electrons. The molecule has 112 valence electrons. The highest BCUT2D eigenvalue weighted by atomic mass is 19.4. The van der Waals surface area contributed by atoms with E-state index in [-0.39, 0.29) is 24.1 Å². The second-order valence-corrected chi connectivity index (χ2v) is 3.72. The Labute approximate surface area is 116 Å². The smallest absolute Gasteiger partial charge is 0.460 e. The number of ether oxygens (including phenoxy) is 2. The van der Waals surface area contributed by atoms with Crippen LogP contribution in [0, 0.1) is 0 Å². The van der Waals surface area contributed by atoms with Gasteiger partial charge in [-0.1, -0.05) is 0 Å². The average molecular weight is 302 g/mol. The van der Waals surface area contributed by atoms with E-state index in [1.165, 1.54) is 12.1 Å². The molecule has 0 N–H and O–H groups in total. The average Bonchev–Trinajstić information content (AvgIpc) is 2.87. The molecular formula is C12H9F3N2O4. The Morgan fingerprint density at radius 3 is 2.52 bits per heavy atom. The topological polar surface area (TPSA) is 74.5 Å². The van der Waals surface area contributed by atoms with Crippen molar-refractivity contribution in [2.45, 2.75) is 13.3 Å². The minimum atomic E-state index is -4.76. The monoisotopic (exact) mass is 302 g/mol. The molecule has 6 nitrogen and oxygen atoms in total. The molecule has 0 aliphatic carbocycles. The summed E-state index contributed by atoms with van der Waals surface area (Å²) in [5, 5.41) is 3.42.